The van der Waals surface area contributed by atoms with Crippen molar-refractivity contribution in [2.24, 2.45) is 28.7 Å². The molecule has 4 rings (SSSR count). The van der Waals surface area contributed by atoms with Crippen LogP contribution in [-0.4, -0.2) is 214 Å². The van der Waals surface area contributed by atoms with Crippen LogP contribution < -0.4 is 39.3 Å². The average molecular weight is 772 g/mol. The molecule has 23 heteroatoms. The number of hydrogen-bond donors (Lipinski definition) is 16. The van der Waals surface area contributed by atoms with Crippen LogP contribution in [0.15, 0.2) is 12.2 Å². The lowest BCUT2D eigenvalue weighted by atomic mass is 9.83. The second kappa shape index (κ2) is 20.0. The van der Waals surface area contributed by atoms with Gasteiger partial charge in [-0.25, -0.2) is 0 Å². The van der Waals surface area contributed by atoms with Crippen LogP contribution in [0, 0.1) is 0 Å². The topological polar surface area (TPSA) is 409 Å². The van der Waals surface area contributed by atoms with Gasteiger partial charge in [0.15, 0.2) is 25.0 Å². The van der Waals surface area contributed by atoms with Gasteiger partial charge in [0.2, 0.25) is 0 Å². The van der Waals surface area contributed by atoms with Crippen LogP contribution in [0.1, 0.15) is 6.42 Å². The predicted molar refractivity (Wildman–Crippen MR) is 177 cm³/mol. The molecule has 1 amide bonds. The SMILES string of the molecule is NC[C@@H]1O[C@H](O[C@H]2[C@@H](O)[C@H](O[C@@H]3[C@@H](O)[C@H](NC(=O)[C@@H](O)[C@@H](O)CN)C[C@H](N)[C@H]3O[C@H]3O[C@H](CNCC(O)CO)C=C[C@H]3N)O[C@@H]2CO)[C@H](N)[C@@H](O)[C@@H]1O. The van der Waals surface area contributed by atoms with Crippen molar-refractivity contribution in [1.29, 1.82) is 0 Å². The first kappa shape index (κ1) is 44.1. The maximum absolute atomic E-state index is 12.8. The van der Waals surface area contributed by atoms with E-state index >= 15 is 0 Å². The molecule has 1 unspecified atom stereocenters. The van der Waals surface area contributed by atoms with Crippen molar-refractivity contribution in [3.63, 3.8) is 0 Å². The number of carbonyl (C=O) groups is 1. The molecule has 23 nitrogen and oxygen atoms in total. The first-order chi connectivity index (χ1) is 25.1. The molecule has 3 fully saturated rings. The third-order valence-electron chi connectivity index (χ3n) is 9.66. The molecule has 21 N–H and O–H groups in total. The Hall–Kier alpha value is -1.63. The highest BCUT2D eigenvalue weighted by Crippen LogP contribution is 2.34. The van der Waals surface area contributed by atoms with Crippen LogP contribution in [0.3, 0.4) is 0 Å². The number of aliphatic hydroxyl groups is 9. The molecule has 20 atom stereocenters. The van der Waals surface area contributed by atoms with E-state index in [1.165, 1.54) is 0 Å². The number of hydrogen-bond acceptors (Lipinski definition) is 22. The molecular weight excluding hydrogens is 714 g/mol. The highest BCUT2D eigenvalue weighted by Gasteiger charge is 2.54. The Labute approximate surface area is 304 Å². The summed E-state index contributed by atoms with van der Waals surface area (Å²) >= 11 is 0. The summed E-state index contributed by atoms with van der Waals surface area (Å²) in [6.45, 7) is -1.56. The first-order valence-electron chi connectivity index (χ1n) is 17.4. The maximum atomic E-state index is 12.8. The molecule has 0 aromatic carbocycles. The monoisotopic (exact) mass is 771 g/mol. The van der Waals surface area contributed by atoms with E-state index in [1.54, 1.807) is 12.2 Å². The molecule has 0 aromatic heterocycles. The molecule has 1 aliphatic carbocycles. The van der Waals surface area contributed by atoms with E-state index < -0.39 is 148 Å². The van der Waals surface area contributed by atoms with E-state index in [9.17, 15) is 45.6 Å². The van der Waals surface area contributed by atoms with Crippen molar-refractivity contribution in [3.05, 3.63) is 12.2 Å². The van der Waals surface area contributed by atoms with E-state index in [2.05, 4.69) is 10.6 Å². The second-order valence-corrected chi connectivity index (χ2v) is 13.6. The van der Waals surface area contributed by atoms with Gasteiger partial charge in [-0.2, -0.15) is 0 Å². The molecule has 0 radical (unpaired) electrons. The fourth-order valence-electron chi connectivity index (χ4n) is 6.50. The summed E-state index contributed by atoms with van der Waals surface area (Å²) in [7, 11) is 0. The number of rotatable bonds is 17. The minimum atomic E-state index is -1.95. The number of aliphatic hydroxyl groups excluding tert-OH is 9. The van der Waals surface area contributed by atoms with Gasteiger partial charge in [-0.15, -0.1) is 0 Å². The van der Waals surface area contributed by atoms with E-state index in [4.69, 9.17) is 62.2 Å². The van der Waals surface area contributed by atoms with Gasteiger partial charge in [0.1, 0.15) is 61.0 Å². The zero-order valence-corrected chi connectivity index (χ0v) is 28.9. The molecule has 2 saturated heterocycles. The van der Waals surface area contributed by atoms with Gasteiger partial charge in [0.25, 0.3) is 5.91 Å². The predicted octanol–water partition coefficient (Wildman–Crippen LogP) is -10.2. The third kappa shape index (κ3) is 10.6. The van der Waals surface area contributed by atoms with Gasteiger partial charge in [0, 0.05) is 32.2 Å². The summed E-state index contributed by atoms with van der Waals surface area (Å²) < 4.78 is 35.6. The number of nitrogens with two attached hydrogens (primary N) is 5. The van der Waals surface area contributed by atoms with Crippen molar-refractivity contribution in [1.82, 2.24) is 10.6 Å². The summed E-state index contributed by atoms with van der Waals surface area (Å²) in [5.41, 5.74) is 29.8. The fraction of sp³-hybridized carbons (Fsp3) is 0.900. The quantitative estimate of drug-likeness (QED) is 0.0610. The zero-order chi connectivity index (χ0) is 39.1. The van der Waals surface area contributed by atoms with Gasteiger partial charge in [-0.1, -0.05) is 12.2 Å². The van der Waals surface area contributed by atoms with Gasteiger partial charge in [-0.05, 0) is 6.42 Å². The summed E-state index contributed by atoms with van der Waals surface area (Å²) in [5.74, 6) is -1.07. The smallest absolute Gasteiger partial charge is 0.251 e. The molecule has 53 heavy (non-hydrogen) atoms. The highest BCUT2D eigenvalue weighted by atomic mass is 16.8. The van der Waals surface area contributed by atoms with Crippen molar-refractivity contribution in [3.8, 4) is 0 Å². The van der Waals surface area contributed by atoms with Crippen LogP contribution in [0.5, 0.6) is 0 Å². The third-order valence-corrected chi connectivity index (χ3v) is 9.66. The Morgan fingerprint density at radius 1 is 0.811 bits per heavy atom. The molecule has 308 valence electrons. The molecule has 0 spiro atoms. The molecule has 0 aromatic rings. The average Bonchev–Trinajstić information content (AvgIpc) is 3.44. The normalized spacial score (nSPS) is 43.7. The number of amides is 1. The summed E-state index contributed by atoms with van der Waals surface area (Å²) in [4.78, 5) is 12.8. The molecule has 0 bridgehead atoms. The Kier molecular flexibility index (Phi) is 16.6. The number of ether oxygens (including phenoxy) is 6. The number of nitrogens with one attached hydrogen (secondary N) is 2. The van der Waals surface area contributed by atoms with Crippen molar-refractivity contribution in [2.75, 3.05) is 39.4 Å². The first-order valence-corrected chi connectivity index (χ1v) is 17.4. The number of carbonyl (C=O) groups excluding carboxylic acids is 1. The minimum Gasteiger partial charge on any atom is -0.394 e. The van der Waals surface area contributed by atoms with Crippen molar-refractivity contribution in [2.45, 2.75) is 129 Å². The molecule has 4 aliphatic rings. The standard InChI is InChI=1S/C30H57N7O16/c31-4-15(41)20(43)27(47)37-14-3-13(34)24(51-28-12(33)2-1-11(48-28)7-36-6-10(40)8-38)26(19(14)42)53-30-23(46)25(17(9-39)50-30)52-29-18(35)22(45)21(44)16(5-32)49-29/h1-2,10-26,28-30,36,38-46H,3-9,31-35H2,(H,37,47)/t10?,11-,12+,13-,14+,15-,16-,17+,18+,19-,20-,21+,22+,23+,24+,25+,26+,28+,29+,30-/m0/s1. The van der Waals surface area contributed by atoms with E-state index in [-0.39, 0.29) is 26.1 Å². The Bertz CT molecular complexity index is 1170. The van der Waals surface area contributed by atoms with Crippen LogP contribution in [0.2, 0.25) is 0 Å². The van der Waals surface area contributed by atoms with E-state index in [1.807, 2.05) is 0 Å². The summed E-state index contributed by atoms with van der Waals surface area (Å²) in [6, 6.07) is -4.41. The van der Waals surface area contributed by atoms with Gasteiger partial charge >= 0.3 is 0 Å². The lowest BCUT2D eigenvalue weighted by molar-refractivity contribution is -0.284. The van der Waals surface area contributed by atoms with E-state index in [0.29, 0.717) is 0 Å². The van der Waals surface area contributed by atoms with Crippen LogP contribution >= 0.6 is 0 Å². The molecular formula is C30H57N7O16. The van der Waals surface area contributed by atoms with Gasteiger partial charge in [0.05, 0.1) is 43.5 Å². The Morgan fingerprint density at radius 2 is 1.47 bits per heavy atom. The largest absolute Gasteiger partial charge is 0.394 e. The lowest BCUT2D eigenvalue weighted by Crippen LogP contribution is -2.67. The van der Waals surface area contributed by atoms with Crippen LogP contribution in [0.25, 0.3) is 0 Å². The minimum absolute atomic E-state index is 0.0691. The fourth-order valence-corrected chi connectivity index (χ4v) is 6.50. The lowest BCUT2D eigenvalue weighted by Gasteiger charge is -2.46. The Balaban J connectivity index is 1.54. The van der Waals surface area contributed by atoms with Crippen LogP contribution in [0.4, 0.5) is 0 Å². The highest BCUT2D eigenvalue weighted by molar-refractivity contribution is 5.81. The van der Waals surface area contributed by atoms with E-state index in [0.717, 1.165) is 0 Å². The molecule has 3 aliphatic heterocycles. The van der Waals surface area contributed by atoms with Crippen LogP contribution in [-0.2, 0) is 33.2 Å². The van der Waals surface area contributed by atoms with Crippen molar-refractivity contribution >= 4 is 5.91 Å². The van der Waals surface area contributed by atoms with Crippen molar-refractivity contribution < 1.29 is 79.2 Å². The summed E-state index contributed by atoms with van der Waals surface area (Å²) in [5, 5.41) is 97.9. The van der Waals surface area contributed by atoms with Gasteiger partial charge < -0.3 is 114 Å². The maximum Gasteiger partial charge on any atom is 0.251 e. The Morgan fingerprint density at radius 3 is 2.11 bits per heavy atom. The summed E-state index contributed by atoms with van der Waals surface area (Å²) in [6.07, 6.45) is -19.2. The second-order valence-electron chi connectivity index (χ2n) is 13.6. The molecule has 1 saturated carbocycles. The zero-order valence-electron chi connectivity index (χ0n) is 28.9. The molecule has 3 heterocycles. The van der Waals surface area contributed by atoms with Gasteiger partial charge in [-0.3, -0.25) is 4.79 Å².